The van der Waals surface area contributed by atoms with Gasteiger partial charge in [0.1, 0.15) is 5.82 Å². The van der Waals surface area contributed by atoms with Gasteiger partial charge < -0.3 is 9.88 Å². The molecular formula is C23H16BrClN2O2. The molecule has 0 atom stereocenters. The number of rotatable bonds is 3. The molecule has 4 nitrogen and oxygen atoms in total. The predicted octanol–water partition coefficient (Wildman–Crippen LogP) is 5.87. The van der Waals surface area contributed by atoms with Gasteiger partial charge in [0.05, 0.1) is 11.1 Å². The SMILES string of the molecule is Cn1c(NC(=O)c2cccc(Br)c2)c(-c2ccccc2Cl)c(=O)c2ccccc21. The van der Waals surface area contributed by atoms with Crippen molar-refractivity contribution in [3.63, 3.8) is 0 Å². The first-order valence-electron chi connectivity index (χ1n) is 8.91. The summed E-state index contributed by atoms with van der Waals surface area (Å²) >= 11 is 9.80. The molecule has 4 aromatic rings. The van der Waals surface area contributed by atoms with Crippen LogP contribution in [-0.4, -0.2) is 10.5 Å². The van der Waals surface area contributed by atoms with E-state index in [1.165, 1.54) is 0 Å². The lowest BCUT2D eigenvalue weighted by Crippen LogP contribution is -2.21. The third-order valence-electron chi connectivity index (χ3n) is 4.77. The van der Waals surface area contributed by atoms with Gasteiger partial charge in [0, 0.05) is 33.1 Å². The van der Waals surface area contributed by atoms with Crippen molar-refractivity contribution < 1.29 is 4.79 Å². The van der Waals surface area contributed by atoms with Crippen molar-refractivity contribution in [2.75, 3.05) is 5.32 Å². The third kappa shape index (κ3) is 3.59. The van der Waals surface area contributed by atoms with E-state index in [4.69, 9.17) is 11.6 Å². The number of aromatic nitrogens is 1. The molecule has 0 fully saturated rings. The number of benzene rings is 3. The summed E-state index contributed by atoms with van der Waals surface area (Å²) in [6, 6.07) is 21.5. The molecule has 1 amide bonds. The fourth-order valence-corrected chi connectivity index (χ4v) is 3.99. The van der Waals surface area contributed by atoms with Crippen LogP contribution in [0.15, 0.2) is 82.1 Å². The zero-order valence-corrected chi connectivity index (χ0v) is 17.8. The third-order valence-corrected chi connectivity index (χ3v) is 5.59. The van der Waals surface area contributed by atoms with Crippen LogP contribution in [0.25, 0.3) is 22.0 Å². The summed E-state index contributed by atoms with van der Waals surface area (Å²) in [5.41, 5.74) is 1.95. The van der Waals surface area contributed by atoms with E-state index in [0.717, 1.165) is 9.99 Å². The van der Waals surface area contributed by atoms with Gasteiger partial charge >= 0.3 is 0 Å². The van der Waals surface area contributed by atoms with Crippen LogP contribution < -0.4 is 10.7 Å². The molecule has 4 rings (SSSR count). The number of hydrogen-bond donors (Lipinski definition) is 1. The van der Waals surface area contributed by atoms with Gasteiger partial charge in [-0.1, -0.05) is 63.9 Å². The molecule has 144 valence electrons. The van der Waals surface area contributed by atoms with E-state index < -0.39 is 0 Å². The Morgan fingerprint density at radius 3 is 2.48 bits per heavy atom. The summed E-state index contributed by atoms with van der Waals surface area (Å²) in [7, 11) is 1.82. The molecule has 0 aliphatic rings. The van der Waals surface area contributed by atoms with Gasteiger partial charge in [-0.05, 0) is 36.4 Å². The Hall–Kier alpha value is -2.89. The van der Waals surface area contributed by atoms with Crippen molar-refractivity contribution in [2.45, 2.75) is 0 Å². The molecule has 0 spiro atoms. The van der Waals surface area contributed by atoms with Crippen molar-refractivity contribution >= 4 is 50.2 Å². The van der Waals surface area contributed by atoms with Crippen LogP contribution >= 0.6 is 27.5 Å². The Bertz CT molecular complexity index is 1310. The van der Waals surface area contributed by atoms with Crippen molar-refractivity contribution in [1.29, 1.82) is 0 Å². The number of fused-ring (bicyclic) bond motifs is 1. The highest BCUT2D eigenvalue weighted by atomic mass is 79.9. The minimum Gasteiger partial charge on any atom is -0.330 e. The van der Waals surface area contributed by atoms with Gasteiger partial charge in [-0.3, -0.25) is 9.59 Å². The molecule has 1 N–H and O–H groups in total. The van der Waals surface area contributed by atoms with E-state index in [2.05, 4.69) is 21.2 Å². The number of pyridine rings is 1. The second-order valence-corrected chi connectivity index (χ2v) is 7.90. The number of hydrogen-bond acceptors (Lipinski definition) is 2. The summed E-state index contributed by atoms with van der Waals surface area (Å²) in [5, 5.41) is 3.93. The number of carbonyl (C=O) groups excluding carboxylic acids is 1. The first-order valence-corrected chi connectivity index (χ1v) is 10.1. The number of amides is 1. The van der Waals surface area contributed by atoms with Crippen molar-refractivity contribution in [1.82, 2.24) is 4.57 Å². The van der Waals surface area contributed by atoms with Gasteiger partial charge in [-0.15, -0.1) is 0 Å². The topological polar surface area (TPSA) is 51.1 Å². The molecule has 1 heterocycles. The van der Waals surface area contributed by atoms with Gasteiger partial charge in [-0.2, -0.15) is 0 Å². The average molecular weight is 468 g/mol. The van der Waals surface area contributed by atoms with Crippen molar-refractivity contribution in [3.05, 3.63) is 98.1 Å². The molecule has 0 aliphatic carbocycles. The Kier molecular flexibility index (Phi) is 5.26. The predicted molar refractivity (Wildman–Crippen MR) is 122 cm³/mol. The van der Waals surface area contributed by atoms with Crippen LogP contribution in [0, 0.1) is 0 Å². The minimum absolute atomic E-state index is 0.184. The van der Waals surface area contributed by atoms with E-state index in [9.17, 15) is 9.59 Å². The standard InChI is InChI=1S/C23H16BrClN2O2/c1-27-19-12-5-3-10-17(19)21(28)20(16-9-2-4-11-18(16)25)22(27)26-23(29)14-7-6-8-15(24)13-14/h2-13H,1H3,(H,26,29). The Morgan fingerprint density at radius 2 is 1.72 bits per heavy atom. The molecule has 0 radical (unpaired) electrons. The first kappa shape index (κ1) is 19.4. The second-order valence-electron chi connectivity index (χ2n) is 6.57. The van der Waals surface area contributed by atoms with Crippen molar-refractivity contribution in [2.24, 2.45) is 7.05 Å². The number of nitrogens with zero attached hydrogens (tertiary/aromatic N) is 1. The number of para-hydroxylation sites is 1. The van der Waals surface area contributed by atoms with Crippen LogP contribution in [0.4, 0.5) is 5.82 Å². The molecule has 6 heteroatoms. The maximum Gasteiger partial charge on any atom is 0.256 e. The first-order chi connectivity index (χ1) is 14.0. The minimum atomic E-state index is -0.315. The highest BCUT2D eigenvalue weighted by molar-refractivity contribution is 9.10. The van der Waals surface area contributed by atoms with Gasteiger partial charge in [-0.25, -0.2) is 0 Å². The quantitative estimate of drug-likeness (QED) is 0.409. The fourth-order valence-electron chi connectivity index (χ4n) is 3.36. The molecule has 0 bridgehead atoms. The smallest absolute Gasteiger partial charge is 0.256 e. The zero-order valence-electron chi connectivity index (χ0n) is 15.4. The summed E-state index contributed by atoms with van der Waals surface area (Å²) in [4.78, 5) is 26.3. The molecule has 0 aliphatic heterocycles. The van der Waals surface area contributed by atoms with E-state index in [-0.39, 0.29) is 11.3 Å². The highest BCUT2D eigenvalue weighted by Gasteiger charge is 2.20. The molecule has 29 heavy (non-hydrogen) atoms. The van der Waals surface area contributed by atoms with Crippen LogP contribution in [0.2, 0.25) is 5.02 Å². The summed E-state index contributed by atoms with van der Waals surface area (Å²) in [6.45, 7) is 0. The Morgan fingerprint density at radius 1 is 1.00 bits per heavy atom. The lowest BCUT2D eigenvalue weighted by Gasteiger charge is -2.19. The summed E-state index contributed by atoms with van der Waals surface area (Å²) < 4.78 is 2.61. The average Bonchev–Trinajstić information content (AvgIpc) is 2.73. The Balaban J connectivity index is 1.98. The number of nitrogens with one attached hydrogen (secondary N) is 1. The van der Waals surface area contributed by atoms with Gasteiger partial charge in [0.25, 0.3) is 5.91 Å². The lowest BCUT2D eigenvalue weighted by molar-refractivity contribution is 0.102. The normalized spacial score (nSPS) is 10.9. The van der Waals surface area contributed by atoms with E-state index in [1.807, 2.05) is 41.9 Å². The molecule has 0 saturated carbocycles. The Labute approximate surface area is 180 Å². The van der Waals surface area contributed by atoms with Crippen LogP contribution in [0.3, 0.4) is 0 Å². The van der Waals surface area contributed by atoms with Crippen LogP contribution in [0.5, 0.6) is 0 Å². The maximum absolute atomic E-state index is 13.4. The number of carbonyl (C=O) groups is 1. The molecule has 0 saturated heterocycles. The number of aryl methyl sites for hydroxylation is 1. The summed E-state index contributed by atoms with van der Waals surface area (Å²) in [5.74, 6) is 0.0802. The van der Waals surface area contributed by atoms with Crippen LogP contribution in [0.1, 0.15) is 10.4 Å². The molecule has 0 unspecified atom stereocenters. The second kappa shape index (κ2) is 7.85. The number of anilines is 1. The molecule has 3 aromatic carbocycles. The van der Waals surface area contributed by atoms with E-state index in [0.29, 0.717) is 32.9 Å². The zero-order chi connectivity index (χ0) is 20.5. The molecular weight excluding hydrogens is 452 g/mol. The largest absolute Gasteiger partial charge is 0.330 e. The summed E-state index contributed by atoms with van der Waals surface area (Å²) in [6.07, 6.45) is 0. The van der Waals surface area contributed by atoms with Gasteiger partial charge in [0.15, 0.2) is 5.43 Å². The van der Waals surface area contributed by atoms with Crippen molar-refractivity contribution in [3.8, 4) is 11.1 Å². The fraction of sp³-hybridized carbons (Fsp3) is 0.0435. The molecule has 1 aromatic heterocycles. The lowest BCUT2D eigenvalue weighted by atomic mass is 10.0. The van der Waals surface area contributed by atoms with Gasteiger partial charge in [0.2, 0.25) is 0 Å². The van der Waals surface area contributed by atoms with Crippen LogP contribution in [-0.2, 0) is 7.05 Å². The number of halogens is 2. The van der Waals surface area contributed by atoms with E-state index in [1.54, 1.807) is 42.5 Å². The van der Waals surface area contributed by atoms with E-state index >= 15 is 0 Å². The maximum atomic E-state index is 13.4. The highest BCUT2D eigenvalue weighted by Crippen LogP contribution is 2.33. The monoisotopic (exact) mass is 466 g/mol.